The van der Waals surface area contributed by atoms with E-state index in [1.807, 2.05) is 24.3 Å². The molecule has 4 heteroatoms. The Morgan fingerprint density at radius 1 is 1.11 bits per heavy atom. The Morgan fingerprint density at radius 2 is 1.83 bits per heavy atom. The molecule has 0 unspecified atom stereocenters. The van der Waals surface area contributed by atoms with Crippen LogP contribution in [0.1, 0.15) is 5.56 Å². The Bertz CT molecular complexity index is 523. The number of phenols is 1. The van der Waals surface area contributed by atoms with Gasteiger partial charge in [0.2, 0.25) is 0 Å². The summed E-state index contributed by atoms with van der Waals surface area (Å²) >= 11 is 0. The molecule has 0 heterocycles. The summed E-state index contributed by atoms with van der Waals surface area (Å²) in [5.41, 5.74) is 6.95. The van der Waals surface area contributed by atoms with Gasteiger partial charge in [0.25, 0.3) is 0 Å². The first-order valence-electron chi connectivity index (χ1n) is 5.54. The lowest BCUT2D eigenvalue weighted by molar-refractivity contribution is 0.306. The van der Waals surface area contributed by atoms with E-state index < -0.39 is 0 Å². The number of hydrogen-bond donors (Lipinski definition) is 2. The zero-order valence-electron chi connectivity index (χ0n) is 10.1. The van der Waals surface area contributed by atoms with Crippen LogP contribution < -0.4 is 15.2 Å². The summed E-state index contributed by atoms with van der Waals surface area (Å²) in [5, 5.41) is 9.44. The third-order valence-corrected chi connectivity index (χ3v) is 2.60. The summed E-state index contributed by atoms with van der Waals surface area (Å²) in [6.07, 6.45) is 0. The average Bonchev–Trinajstić information content (AvgIpc) is 2.41. The molecule has 4 nitrogen and oxygen atoms in total. The Morgan fingerprint density at radius 3 is 2.50 bits per heavy atom. The van der Waals surface area contributed by atoms with Gasteiger partial charge in [-0.2, -0.15) is 0 Å². The lowest BCUT2D eigenvalue weighted by atomic mass is 10.2. The van der Waals surface area contributed by atoms with Gasteiger partial charge in [-0.15, -0.1) is 0 Å². The van der Waals surface area contributed by atoms with Crippen LogP contribution in [0.3, 0.4) is 0 Å². The zero-order chi connectivity index (χ0) is 13.0. The molecule has 2 aromatic rings. The van der Waals surface area contributed by atoms with Crippen LogP contribution in [0, 0.1) is 0 Å². The molecule has 0 bridgehead atoms. The summed E-state index contributed by atoms with van der Waals surface area (Å²) < 4.78 is 10.6. The van der Waals surface area contributed by atoms with E-state index in [1.165, 1.54) is 6.07 Å². The first-order valence-corrected chi connectivity index (χ1v) is 5.54. The molecule has 0 aliphatic rings. The monoisotopic (exact) mass is 245 g/mol. The highest BCUT2D eigenvalue weighted by molar-refractivity contribution is 5.61. The quantitative estimate of drug-likeness (QED) is 0.641. The van der Waals surface area contributed by atoms with Gasteiger partial charge in [0, 0.05) is 0 Å². The van der Waals surface area contributed by atoms with E-state index in [0.29, 0.717) is 12.4 Å². The fourth-order valence-corrected chi connectivity index (χ4v) is 1.54. The van der Waals surface area contributed by atoms with Crippen molar-refractivity contribution in [3.8, 4) is 17.2 Å². The number of para-hydroxylation sites is 1. The lowest BCUT2D eigenvalue weighted by Crippen LogP contribution is -1.98. The summed E-state index contributed by atoms with van der Waals surface area (Å²) in [7, 11) is 1.62. The molecule has 18 heavy (non-hydrogen) atoms. The predicted octanol–water partition coefficient (Wildman–Crippen LogP) is 2.56. The molecule has 94 valence electrons. The number of rotatable bonds is 4. The average molecular weight is 245 g/mol. The summed E-state index contributed by atoms with van der Waals surface area (Å²) in [6.45, 7) is 0.387. The third kappa shape index (κ3) is 2.66. The third-order valence-electron chi connectivity index (χ3n) is 2.60. The molecule has 0 aromatic heterocycles. The highest BCUT2D eigenvalue weighted by Gasteiger charge is 2.04. The van der Waals surface area contributed by atoms with Crippen molar-refractivity contribution in [2.75, 3.05) is 12.8 Å². The minimum absolute atomic E-state index is 0.0298. The molecule has 2 rings (SSSR count). The van der Waals surface area contributed by atoms with Crippen molar-refractivity contribution >= 4 is 5.69 Å². The fraction of sp³-hybridized carbons (Fsp3) is 0.143. The van der Waals surface area contributed by atoms with Crippen molar-refractivity contribution in [1.29, 1.82) is 0 Å². The second kappa shape index (κ2) is 5.31. The molecule has 0 atom stereocenters. The minimum Gasteiger partial charge on any atom is -0.506 e. The van der Waals surface area contributed by atoms with Crippen molar-refractivity contribution in [3.63, 3.8) is 0 Å². The zero-order valence-corrected chi connectivity index (χ0v) is 10.1. The van der Waals surface area contributed by atoms with Gasteiger partial charge in [0.15, 0.2) is 0 Å². The van der Waals surface area contributed by atoms with E-state index >= 15 is 0 Å². The van der Waals surface area contributed by atoms with Crippen LogP contribution in [0.4, 0.5) is 5.69 Å². The van der Waals surface area contributed by atoms with E-state index in [1.54, 1.807) is 19.2 Å². The first-order chi connectivity index (χ1) is 8.70. The smallest absolute Gasteiger partial charge is 0.146 e. The van der Waals surface area contributed by atoms with Gasteiger partial charge in [0.05, 0.1) is 7.11 Å². The maximum atomic E-state index is 9.44. The van der Waals surface area contributed by atoms with Crippen LogP contribution in [-0.2, 0) is 6.61 Å². The topological polar surface area (TPSA) is 64.7 Å². The molecule has 3 N–H and O–H groups in total. The molecule has 0 saturated carbocycles. The van der Waals surface area contributed by atoms with Gasteiger partial charge >= 0.3 is 0 Å². The molecule has 2 aromatic carbocycles. The standard InChI is InChI=1S/C14H15NO3/c1-17-11-7-5-10(6-8-11)9-18-13-4-2-3-12(16)14(13)15/h2-8,16H,9,15H2,1H3. The highest BCUT2D eigenvalue weighted by Crippen LogP contribution is 2.30. The number of methoxy groups -OCH3 is 1. The van der Waals surface area contributed by atoms with E-state index in [4.69, 9.17) is 15.2 Å². The fourth-order valence-electron chi connectivity index (χ4n) is 1.54. The molecule has 0 fully saturated rings. The summed E-state index contributed by atoms with van der Waals surface area (Å²) in [5.74, 6) is 1.31. The predicted molar refractivity (Wildman–Crippen MR) is 69.8 cm³/mol. The molecule has 0 radical (unpaired) electrons. The number of ether oxygens (including phenoxy) is 2. The van der Waals surface area contributed by atoms with Crippen LogP contribution in [0.15, 0.2) is 42.5 Å². The van der Waals surface area contributed by atoms with Crippen molar-refractivity contribution in [1.82, 2.24) is 0 Å². The van der Waals surface area contributed by atoms with Gasteiger partial charge in [0.1, 0.15) is 29.5 Å². The van der Waals surface area contributed by atoms with Crippen molar-refractivity contribution in [2.24, 2.45) is 0 Å². The Kier molecular flexibility index (Phi) is 3.57. The van der Waals surface area contributed by atoms with E-state index in [0.717, 1.165) is 11.3 Å². The van der Waals surface area contributed by atoms with Crippen molar-refractivity contribution in [3.05, 3.63) is 48.0 Å². The maximum absolute atomic E-state index is 9.44. The number of nitrogens with two attached hydrogens (primary N) is 1. The summed E-state index contributed by atoms with van der Waals surface area (Å²) in [6, 6.07) is 12.5. The maximum Gasteiger partial charge on any atom is 0.146 e. The Balaban J connectivity index is 2.04. The van der Waals surface area contributed by atoms with Gasteiger partial charge in [-0.25, -0.2) is 0 Å². The number of nitrogen functional groups attached to an aromatic ring is 1. The van der Waals surface area contributed by atoms with Gasteiger partial charge in [-0.1, -0.05) is 18.2 Å². The van der Waals surface area contributed by atoms with E-state index in [9.17, 15) is 5.11 Å². The SMILES string of the molecule is COc1ccc(COc2cccc(O)c2N)cc1. The number of anilines is 1. The number of hydrogen-bond acceptors (Lipinski definition) is 4. The largest absolute Gasteiger partial charge is 0.506 e. The van der Waals surface area contributed by atoms with Gasteiger partial charge in [-0.05, 0) is 29.8 Å². The Labute approximate surface area is 106 Å². The number of aromatic hydroxyl groups is 1. The number of phenolic OH excluding ortho intramolecular Hbond substituents is 1. The molecule has 0 amide bonds. The molecule has 0 saturated heterocycles. The van der Waals surface area contributed by atoms with Crippen LogP contribution >= 0.6 is 0 Å². The van der Waals surface area contributed by atoms with Crippen LogP contribution in [0.25, 0.3) is 0 Å². The van der Waals surface area contributed by atoms with Crippen LogP contribution in [0.5, 0.6) is 17.2 Å². The van der Waals surface area contributed by atoms with Gasteiger partial charge in [-0.3, -0.25) is 0 Å². The second-order valence-corrected chi connectivity index (χ2v) is 3.83. The molecule has 0 spiro atoms. The van der Waals surface area contributed by atoms with Crippen LogP contribution in [0.2, 0.25) is 0 Å². The van der Waals surface area contributed by atoms with Crippen LogP contribution in [-0.4, -0.2) is 12.2 Å². The minimum atomic E-state index is 0.0298. The molecular formula is C14H15NO3. The first kappa shape index (κ1) is 12.1. The highest BCUT2D eigenvalue weighted by atomic mass is 16.5. The van der Waals surface area contributed by atoms with Gasteiger partial charge < -0.3 is 20.3 Å². The normalized spacial score (nSPS) is 10.1. The second-order valence-electron chi connectivity index (χ2n) is 3.83. The summed E-state index contributed by atoms with van der Waals surface area (Å²) in [4.78, 5) is 0. The number of benzene rings is 2. The van der Waals surface area contributed by atoms with Crippen molar-refractivity contribution < 1.29 is 14.6 Å². The molecule has 0 aliphatic heterocycles. The molecule has 0 aliphatic carbocycles. The van der Waals surface area contributed by atoms with Crippen molar-refractivity contribution in [2.45, 2.75) is 6.61 Å². The van der Waals surface area contributed by atoms with E-state index in [2.05, 4.69) is 0 Å². The lowest BCUT2D eigenvalue weighted by Gasteiger charge is -2.10. The molecular weight excluding hydrogens is 230 g/mol. The Hall–Kier alpha value is -2.36. The van der Waals surface area contributed by atoms with E-state index in [-0.39, 0.29) is 11.4 Å².